The van der Waals surface area contributed by atoms with Gasteiger partial charge in [-0.25, -0.2) is 27.2 Å². The molecular formula is C22H20F2N6O2S. The molecule has 4 aromatic rings. The zero-order chi connectivity index (χ0) is 23.5. The number of hydrogen-bond acceptors (Lipinski definition) is 5. The Morgan fingerprint density at radius 3 is 2.73 bits per heavy atom. The Kier molecular flexibility index (Phi) is 4.77. The summed E-state index contributed by atoms with van der Waals surface area (Å²) in [6, 6.07) is 5.89. The van der Waals surface area contributed by atoms with Crippen LogP contribution in [0.3, 0.4) is 0 Å². The van der Waals surface area contributed by atoms with Crippen LogP contribution in [-0.2, 0) is 15.6 Å². The first-order chi connectivity index (χ1) is 15.7. The Hall–Kier alpha value is -3.36. The molecule has 0 bridgehead atoms. The van der Waals surface area contributed by atoms with Gasteiger partial charge in [0.15, 0.2) is 0 Å². The highest BCUT2D eigenvalue weighted by Gasteiger charge is 2.50. The van der Waals surface area contributed by atoms with Gasteiger partial charge >= 0.3 is 0 Å². The van der Waals surface area contributed by atoms with Crippen LogP contribution in [0.2, 0.25) is 0 Å². The summed E-state index contributed by atoms with van der Waals surface area (Å²) in [4.78, 5) is 11.5. The highest BCUT2D eigenvalue weighted by atomic mass is 32.2. The molecule has 1 fully saturated rings. The number of benzene rings is 1. The molecule has 0 amide bonds. The van der Waals surface area contributed by atoms with E-state index in [1.54, 1.807) is 36.9 Å². The average Bonchev–Trinajstić information content (AvgIpc) is 3.35. The largest absolute Gasteiger partial charge is 0.346 e. The van der Waals surface area contributed by atoms with Gasteiger partial charge in [0.1, 0.15) is 23.6 Å². The number of fused-ring (bicyclic) bond motifs is 2. The van der Waals surface area contributed by atoms with Crippen molar-refractivity contribution in [3.05, 3.63) is 48.6 Å². The summed E-state index contributed by atoms with van der Waals surface area (Å²) in [5, 5.41) is 9.74. The summed E-state index contributed by atoms with van der Waals surface area (Å²) < 4.78 is 57.7. The lowest BCUT2D eigenvalue weighted by Crippen LogP contribution is -2.64. The topological polar surface area (TPSA) is 108 Å². The number of nitrogens with one attached hydrogen (secondary N) is 1. The van der Waals surface area contributed by atoms with E-state index in [-0.39, 0.29) is 30.4 Å². The number of halogens is 2. The van der Waals surface area contributed by atoms with Crippen LogP contribution < -0.4 is 0 Å². The second-order valence-electron chi connectivity index (χ2n) is 8.58. The van der Waals surface area contributed by atoms with Crippen LogP contribution in [0.1, 0.15) is 20.3 Å². The molecule has 4 heterocycles. The Balaban J connectivity index is 1.74. The van der Waals surface area contributed by atoms with Crippen molar-refractivity contribution in [1.82, 2.24) is 23.8 Å². The van der Waals surface area contributed by atoms with Crippen LogP contribution in [0.4, 0.5) is 8.78 Å². The predicted molar refractivity (Wildman–Crippen MR) is 119 cm³/mol. The van der Waals surface area contributed by atoms with E-state index in [1.165, 1.54) is 16.7 Å². The third-order valence-corrected chi connectivity index (χ3v) is 8.42. The summed E-state index contributed by atoms with van der Waals surface area (Å²) >= 11 is 0. The van der Waals surface area contributed by atoms with E-state index < -0.39 is 32.4 Å². The maximum absolute atomic E-state index is 15.1. The normalized spacial score (nSPS) is 16.4. The Morgan fingerprint density at radius 1 is 1.27 bits per heavy atom. The quantitative estimate of drug-likeness (QED) is 0.480. The maximum atomic E-state index is 15.1. The molecule has 11 heteroatoms. The summed E-state index contributed by atoms with van der Waals surface area (Å²) in [5.74, 6) is -1.53. The van der Waals surface area contributed by atoms with Crippen molar-refractivity contribution < 1.29 is 17.2 Å². The minimum atomic E-state index is -3.54. The molecule has 0 saturated carbocycles. The van der Waals surface area contributed by atoms with Crippen LogP contribution in [-0.4, -0.2) is 50.6 Å². The zero-order valence-corrected chi connectivity index (χ0v) is 18.7. The van der Waals surface area contributed by atoms with Gasteiger partial charge in [-0.05, 0) is 26.0 Å². The summed E-state index contributed by atoms with van der Waals surface area (Å²) in [6.07, 6.45) is 4.65. The minimum absolute atomic E-state index is 0.0260. The molecule has 0 radical (unpaired) electrons. The van der Waals surface area contributed by atoms with Crippen molar-refractivity contribution in [2.24, 2.45) is 0 Å². The number of nitrogens with zero attached hydrogens (tertiary/aromatic N) is 5. The molecular weight excluding hydrogens is 450 g/mol. The number of rotatable bonds is 5. The monoisotopic (exact) mass is 470 g/mol. The number of hydrogen-bond donors (Lipinski definition) is 1. The third-order valence-electron chi connectivity index (χ3n) is 6.25. The van der Waals surface area contributed by atoms with Crippen molar-refractivity contribution in [2.45, 2.75) is 31.1 Å². The number of H-pyrrole nitrogens is 1. The molecule has 1 N–H and O–H groups in total. The van der Waals surface area contributed by atoms with Crippen molar-refractivity contribution in [3.63, 3.8) is 0 Å². The Labute approximate surface area is 188 Å². The second-order valence-corrected chi connectivity index (χ2v) is 11.1. The van der Waals surface area contributed by atoms with Crippen LogP contribution in [0.25, 0.3) is 33.2 Å². The molecule has 1 aromatic carbocycles. The number of nitriles is 1. The van der Waals surface area contributed by atoms with E-state index in [0.29, 0.717) is 22.3 Å². The SMILES string of the molecule is CC(C)S(=O)(=O)N1CC(CC#N)(n2cc(-c3ncnc4[nH]ccc34)c3c(F)cc(F)cc32)C1. The van der Waals surface area contributed by atoms with Crippen molar-refractivity contribution in [3.8, 4) is 17.3 Å². The third kappa shape index (κ3) is 3.13. The first-order valence-corrected chi connectivity index (χ1v) is 11.8. The lowest BCUT2D eigenvalue weighted by molar-refractivity contribution is 0.0884. The van der Waals surface area contributed by atoms with Gasteiger partial charge in [-0.1, -0.05) is 0 Å². The number of aromatic nitrogens is 4. The molecule has 0 atom stereocenters. The van der Waals surface area contributed by atoms with Gasteiger partial charge in [-0.2, -0.15) is 9.57 Å². The molecule has 170 valence electrons. The molecule has 1 aliphatic heterocycles. The molecule has 0 unspecified atom stereocenters. The highest BCUT2D eigenvalue weighted by Crippen LogP contribution is 2.43. The fraction of sp³-hybridized carbons (Fsp3) is 0.318. The molecule has 1 saturated heterocycles. The molecule has 0 aliphatic carbocycles. The van der Waals surface area contributed by atoms with E-state index in [4.69, 9.17) is 0 Å². The number of aromatic amines is 1. The zero-order valence-electron chi connectivity index (χ0n) is 17.9. The van der Waals surface area contributed by atoms with Gasteiger partial charge in [0, 0.05) is 47.9 Å². The summed E-state index contributed by atoms with van der Waals surface area (Å²) in [6.45, 7) is 3.24. The first-order valence-electron chi connectivity index (χ1n) is 10.3. The molecule has 5 rings (SSSR count). The Morgan fingerprint density at radius 2 is 2.03 bits per heavy atom. The highest BCUT2D eigenvalue weighted by molar-refractivity contribution is 7.89. The Bertz CT molecular complexity index is 1540. The maximum Gasteiger partial charge on any atom is 0.216 e. The number of sulfonamides is 1. The predicted octanol–water partition coefficient (Wildman–Crippen LogP) is 3.52. The summed E-state index contributed by atoms with van der Waals surface area (Å²) in [5.41, 5.74) is 0.706. The standard InChI is InChI=1S/C22H20F2N6O2S/c1-13(2)33(31,32)29-10-22(11-29,4-5-25)30-9-16(19-17(24)7-14(23)8-18(19)30)20-15-3-6-26-21(15)28-12-27-20/h3,6-9,12-13H,4,10-11H2,1-2H3,(H,26,27,28). The van der Waals surface area contributed by atoms with Gasteiger partial charge in [-0.3, -0.25) is 0 Å². The minimum Gasteiger partial charge on any atom is -0.346 e. The molecule has 33 heavy (non-hydrogen) atoms. The first kappa shape index (κ1) is 21.5. The summed E-state index contributed by atoms with van der Waals surface area (Å²) in [7, 11) is -3.54. The van der Waals surface area contributed by atoms with Gasteiger partial charge in [0.25, 0.3) is 0 Å². The lowest BCUT2D eigenvalue weighted by atomic mass is 9.88. The smallest absolute Gasteiger partial charge is 0.216 e. The average molecular weight is 471 g/mol. The van der Waals surface area contributed by atoms with E-state index in [9.17, 15) is 18.1 Å². The molecule has 0 spiro atoms. The van der Waals surface area contributed by atoms with E-state index in [1.807, 2.05) is 0 Å². The molecule has 3 aromatic heterocycles. The van der Waals surface area contributed by atoms with E-state index in [2.05, 4.69) is 21.0 Å². The van der Waals surface area contributed by atoms with Crippen molar-refractivity contribution in [2.75, 3.05) is 13.1 Å². The van der Waals surface area contributed by atoms with E-state index >= 15 is 4.39 Å². The van der Waals surface area contributed by atoms with Crippen LogP contribution in [0.15, 0.2) is 36.9 Å². The fourth-order valence-corrected chi connectivity index (χ4v) is 5.96. The van der Waals surface area contributed by atoms with Gasteiger partial charge < -0.3 is 9.55 Å². The van der Waals surface area contributed by atoms with Gasteiger partial charge in [-0.15, -0.1) is 0 Å². The van der Waals surface area contributed by atoms with Crippen molar-refractivity contribution in [1.29, 1.82) is 5.26 Å². The second kappa shape index (κ2) is 7.33. The van der Waals surface area contributed by atoms with Crippen LogP contribution in [0.5, 0.6) is 0 Å². The lowest BCUT2D eigenvalue weighted by Gasteiger charge is -2.49. The van der Waals surface area contributed by atoms with Crippen LogP contribution >= 0.6 is 0 Å². The molecule has 1 aliphatic rings. The van der Waals surface area contributed by atoms with Crippen LogP contribution in [0, 0.1) is 23.0 Å². The van der Waals surface area contributed by atoms with E-state index in [0.717, 1.165) is 6.07 Å². The van der Waals surface area contributed by atoms with Gasteiger partial charge in [0.05, 0.1) is 34.5 Å². The van der Waals surface area contributed by atoms with Gasteiger partial charge in [0.2, 0.25) is 10.0 Å². The molecule has 8 nitrogen and oxygen atoms in total. The van der Waals surface area contributed by atoms with Crippen molar-refractivity contribution >= 4 is 32.0 Å². The fourth-order valence-electron chi connectivity index (χ4n) is 4.52.